The minimum Gasteiger partial charge on any atom is -0.508 e. The molecule has 0 spiro atoms. The lowest BCUT2D eigenvalue weighted by Gasteiger charge is -2.37. The number of hydrogen-bond acceptors (Lipinski definition) is 4. The second-order valence-electron chi connectivity index (χ2n) is 7.46. The number of benzene rings is 2. The maximum absolute atomic E-state index is 10.1. The van der Waals surface area contributed by atoms with E-state index in [0.29, 0.717) is 18.6 Å². The summed E-state index contributed by atoms with van der Waals surface area (Å²) in [5, 5.41) is 16.9. The molecule has 0 amide bonds. The lowest BCUT2D eigenvalue weighted by Crippen LogP contribution is -2.48. The van der Waals surface area contributed by atoms with E-state index < -0.39 is 0 Å². The molecule has 1 fully saturated rings. The Labute approximate surface area is 173 Å². The van der Waals surface area contributed by atoms with Crippen LogP contribution in [0.15, 0.2) is 53.5 Å². The molecule has 6 nitrogen and oxygen atoms in total. The highest BCUT2D eigenvalue weighted by atomic mass is 16.5. The average molecular weight is 397 g/mol. The van der Waals surface area contributed by atoms with Crippen molar-refractivity contribution in [1.29, 1.82) is 0 Å². The molecular formula is C23H32N4O2. The van der Waals surface area contributed by atoms with Gasteiger partial charge in [-0.05, 0) is 43.5 Å². The highest BCUT2D eigenvalue weighted by molar-refractivity contribution is 5.80. The van der Waals surface area contributed by atoms with Gasteiger partial charge in [0.05, 0.1) is 7.11 Å². The predicted molar refractivity (Wildman–Crippen MR) is 117 cm³/mol. The van der Waals surface area contributed by atoms with Crippen LogP contribution in [0.4, 0.5) is 0 Å². The number of guanidine groups is 1. The van der Waals surface area contributed by atoms with E-state index in [1.165, 1.54) is 5.56 Å². The Kier molecular flexibility index (Phi) is 7.36. The minimum absolute atomic E-state index is 0.247. The van der Waals surface area contributed by atoms with Crippen LogP contribution in [0.3, 0.4) is 0 Å². The van der Waals surface area contributed by atoms with Gasteiger partial charge in [0.15, 0.2) is 5.96 Å². The third kappa shape index (κ3) is 5.64. The summed E-state index contributed by atoms with van der Waals surface area (Å²) in [4.78, 5) is 6.88. The standard InChI is InChI=1S/C23H32N4O2/c1-17(18-7-5-4-6-8-18)27-13-11-20(12-14-27)26-23(24-2)25-16-19-15-21(29-3)9-10-22(19)28/h4-10,15,17,20,28H,11-14,16H2,1-3H3,(H2,24,25,26). The van der Waals surface area contributed by atoms with Gasteiger partial charge in [-0.25, -0.2) is 0 Å². The van der Waals surface area contributed by atoms with Crippen molar-refractivity contribution in [2.75, 3.05) is 27.2 Å². The molecule has 1 aliphatic heterocycles. The van der Waals surface area contributed by atoms with Gasteiger partial charge in [-0.15, -0.1) is 0 Å². The summed E-state index contributed by atoms with van der Waals surface area (Å²) in [7, 11) is 3.39. The molecule has 29 heavy (non-hydrogen) atoms. The summed E-state index contributed by atoms with van der Waals surface area (Å²) in [6, 6.07) is 16.7. The van der Waals surface area contributed by atoms with Crippen molar-refractivity contribution in [3.8, 4) is 11.5 Å². The van der Waals surface area contributed by atoms with E-state index in [0.717, 1.165) is 43.2 Å². The van der Waals surface area contributed by atoms with Crippen LogP contribution in [0.5, 0.6) is 11.5 Å². The third-order valence-corrected chi connectivity index (χ3v) is 5.66. The number of nitrogens with zero attached hydrogens (tertiary/aromatic N) is 2. The maximum atomic E-state index is 10.1. The number of likely N-dealkylation sites (tertiary alicyclic amines) is 1. The van der Waals surface area contributed by atoms with Gasteiger partial charge in [0, 0.05) is 44.3 Å². The molecule has 0 aliphatic carbocycles. The average Bonchev–Trinajstić information content (AvgIpc) is 2.78. The monoisotopic (exact) mass is 396 g/mol. The Morgan fingerprint density at radius 2 is 1.93 bits per heavy atom. The van der Waals surface area contributed by atoms with Crippen LogP contribution >= 0.6 is 0 Å². The molecule has 6 heteroatoms. The largest absolute Gasteiger partial charge is 0.508 e. The first-order chi connectivity index (χ1) is 14.1. The van der Waals surface area contributed by atoms with E-state index in [1.54, 1.807) is 26.3 Å². The molecule has 1 heterocycles. The van der Waals surface area contributed by atoms with E-state index in [-0.39, 0.29) is 5.75 Å². The van der Waals surface area contributed by atoms with Gasteiger partial charge in [0.2, 0.25) is 0 Å². The molecule has 0 radical (unpaired) electrons. The summed E-state index contributed by atoms with van der Waals surface area (Å²) in [5.74, 6) is 1.72. The first-order valence-electron chi connectivity index (χ1n) is 10.2. The van der Waals surface area contributed by atoms with Crippen molar-refractivity contribution >= 4 is 5.96 Å². The van der Waals surface area contributed by atoms with Crippen molar-refractivity contribution in [2.45, 2.75) is 38.4 Å². The molecule has 1 atom stereocenters. The normalized spacial score (nSPS) is 17.0. The summed E-state index contributed by atoms with van der Waals surface area (Å²) >= 11 is 0. The summed E-state index contributed by atoms with van der Waals surface area (Å²) < 4.78 is 5.24. The summed E-state index contributed by atoms with van der Waals surface area (Å²) in [6.07, 6.45) is 2.14. The zero-order chi connectivity index (χ0) is 20.6. The fourth-order valence-electron chi connectivity index (χ4n) is 3.77. The van der Waals surface area contributed by atoms with E-state index in [2.05, 4.69) is 57.8 Å². The Morgan fingerprint density at radius 1 is 1.21 bits per heavy atom. The molecule has 0 saturated carbocycles. The number of aromatic hydroxyl groups is 1. The Morgan fingerprint density at radius 3 is 2.59 bits per heavy atom. The van der Waals surface area contributed by atoms with Crippen molar-refractivity contribution in [1.82, 2.24) is 15.5 Å². The lowest BCUT2D eigenvalue weighted by atomic mass is 10.0. The van der Waals surface area contributed by atoms with Gasteiger partial charge in [-0.2, -0.15) is 0 Å². The van der Waals surface area contributed by atoms with Crippen LogP contribution in [-0.2, 0) is 6.54 Å². The van der Waals surface area contributed by atoms with Gasteiger partial charge in [0.25, 0.3) is 0 Å². The maximum Gasteiger partial charge on any atom is 0.191 e. The van der Waals surface area contributed by atoms with Crippen molar-refractivity contribution in [3.63, 3.8) is 0 Å². The summed E-state index contributed by atoms with van der Waals surface area (Å²) in [5.41, 5.74) is 2.15. The molecule has 0 bridgehead atoms. The number of methoxy groups -OCH3 is 1. The van der Waals surface area contributed by atoms with E-state index in [4.69, 9.17) is 4.74 Å². The first-order valence-corrected chi connectivity index (χ1v) is 10.2. The third-order valence-electron chi connectivity index (χ3n) is 5.66. The van der Waals surface area contributed by atoms with Gasteiger partial charge in [-0.1, -0.05) is 30.3 Å². The number of piperidine rings is 1. The number of phenolic OH excluding ortho intramolecular Hbond substituents is 1. The number of ether oxygens (including phenoxy) is 1. The van der Waals surface area contributed by atoms with Gasteiger partial charge < -0.3 is 20.5 Å². The quantitative estimate of drug-likeness (QED) is 0.516. The molecule has 2 aromatic carbocycles. The first kappa shape index (κ1) is 21.0. The van der Waals surface area contributed by atoms with Gasteiger partial charge in [0.1, 0.15) is 11.5 Å². The van der Waals surface area contributed by atoms with Crippen molar-refractivity contribution in [2.24, 2.45) is 4.99 Å². The highest BCUT2D eigenvalue weighted by Gasteiger charge is 2.24. The fraction of sp³-hybridized carbons (Fsp3) is 0.435. The zero-order valence-corrected chi connectivity index (χ0v) is 17.6. The SMILES string of the molecule is CN=C(NCc1cc(OC)ccc1O)NC1CCN(C(C)c2ccccc2)CC1. The molecule has 3 rings (SSSR count). The van der Waals surface area contributed by atoms with Crippen molar-refractivity contribution in [3.05, 3.63) is 59.7 Å². The smallest absolute Gasteiger partial charge is 0.191 e. The molecule has 2 aromatic rings. The number of nitrogens with one attached hydrogen (secondary N) is 2. The topological polar surface area (TPSA) is 69.1 Å². The lowest BCUT2D eigenvalue weighted by molar-refractivity contribution is 0.158. The van der Waals surface area contributed by atoms with E-state index in [9.17, 15) is 5.11 Å². The Balaban J connectivity index is 1.49. The van der Waals surface area contributed by atoms with Gasteiger partial charge >= 0.3 is 0 Å². The van der Waals surface area contributed by atoms with Crippen LogP contribution in [0.25, 0.3) is 0 Å². The minimum atomic E-state index is 0.247. The molecule has 3 N–H and O–H groups in total. The number of hydrogen-bond donors (Lipinski definition) is 3. The second-order valence-corrected chi connectivity index (χ2v) is 7.46. The molecule has 1 aliphatic rings. The van der Waals surface area contributed by atoms with Crippen LogP contribution in [-0.4, -0.2) is 49.3 Å². The molecule has 1 unspecified atom stereocenters. The van der Waals surface area contributed by atoms with Crippen molar-refractivity contribution < 1.29 is 9.84 Å². The zero-order valence-electron chi connectivity index (χ0n) is 17.6. The number of phenols is 1. The number of aliphatic imine (C=N–C) groups is 1. The van der Waals surface area contributed by atoms with Crippen LogP contribution in [0.1, 0.15) is 36.9 Å². The van der Waals surface area contributed by atoms with Crippen LogP contribution in [0.2, 0.25) is 0 Å². The fourth-order valence-corrected chi connectivity index (χ4v) is 3.77. The Hall–Kier alpha value is -2.73. The molecule has 156 valence electrons. The van der Waals surface area contributed by atoms with E-state index >= 15 is 0 Å². The Bertz CT molecular complexity index is 802. The summed E-state index contributed by atoms with van der Waals surface area (Å²) in [6.45, 7) is 4.87. The molecule has 0 aromatic heterocycles. The van der Waals surface area contributed by atoms with Gasteiger partial charge in [-0.3, -0.25) is 9.89 Å². The predicted octanol–water partition coefficient (Wildman–Crippen LogP) is 3.29. The number of rotatable bonds is 6. The highest BCUT2D eigenvalue weighted by Crippen LogP contribution is 2.24. The van der Waals surface area contributed by atoms with Crippen LogP contribution in [0, 0.1) is 0 Å². The van der Waals surface area contributed by atoms with Crippen LogP contribution < -0.4 is 15.4 Å². The second kappa shape index (κ2) is 10.2. The molecule has 1 saturated heterocycles. The van der Waals surface area contributed by atoms with E-state index in [1.807, 2.05) is 6.07 Å². The molecular weight excluding hydrogens is 364 g/mol.